The van der Waals surface area contributed by atoms with Crippen molar-refractivity contribution in [3.8, 4) is 0 Å². The first kappa shape index (κ1) is 19.0. The summed E-state index contributed by atoms with van der Waals surface area (Å²) in [5.74, 6) is 0.0614. The standard InChI is InChI=1S/C21H16BrCl2NO/c22-16-7-9-17(10-8-16)25-20(15-6-11-18(23)19(24)12-15)13-21(26)14-4-2-1-3-5-14/h1-12,20,25H,13H2. The van der Waals surface area contributed by atoms with Gasteiger partial charge in [-0.1, -0.05) is 75.5 Å². The first-order valence-electron chi connectivity index (χ1n) is 8.08. The summed E-state index contributed by atoms with van der Waals surface area (Å²) >= 11 is 15.7. The fourth-order valence-corrected chi connectivity index (χ4v) is 3.23. The van der Waals surface area contributed by atoms with Crippen molar-refractivity contribution >= 4 is 50.6 Å². The molecule has 3 aromatic rings. The zero-order valence-corrected chi connectivity index (χ0v) is 16.9. The van der Waals surface area contributed by atoms with Gasteiger partial charge in [0.25, 0.3) is 0 Å². The van der Waals surface area contributed by atoms with Gasteiger partial charge in [0.15, 0.2) is 5.78 Å². The van der Waals surface area contributed by atoms with Crippen LogP contribution in [-0.4, -0.2) is 5.78 Å². The van der Waals surface area contributed by atoms with Crippen molar-refractivity contribution in [1.82, 2.24) is 0 Å². The summed E-state index contributed by atoms with van der Waals surface area (Å²) in [7, 11) is 0. The molecule has 3 aromatic carbocycles. The number of nitrogens with one attached hydrogen (secondary N) is 1. The van der Waals surface area contributed by atoms with E-state index in [1.165, 1.54) is 0 Å². The van der Waals surface area contributed by atoms with E-state index in [1.807, 2.05) is 60.7 Å². The number of halogens is 3. The van der Waals surface area contributed by atoms with Crippen molar-refractivity contribution in [2.45, 2.75) is 12.5 Å². The maximum atomic E-state index is 12.7. The van der Waals surface area contributed by atoms with Crippen molar-refractivity contribution in [3.63, 3.8) is 0 Å². The van der Waals surface area contributed by atoms with E-state index in [2.05, 4.69) is 21.2 Å². The van der Waals surface area contributed by atoms with E-state index in [1.54, 1.807) is 12.1 Å². The summed E-state index contributed by atoms with van der Waals surface area (Å²) < 4.78 is 0.995. The summed E-state index contributed by atoms with van der Waals surface area (Å²) in [6.45, 7) is 0. The first-order valence-corrected chi connectivity index (χ1v) is 9.63. The lowest BCUT2D eigenvalue weighted by Crippen LogP contribution is -2.16. The Kier molecular flexibility index (Phi) is 6.36. The molecule has 0 bridgehead atoms. The summed E-state index contributed by atoms with van der Waals surface area (Å²) in [6.07, 6.45) is 0.304. The van der Waals surface area contributed by atoms with E-state index < -0.39 is 0 Å². The van der Waals surface area contributed by atoms with Crippen LogP contribution in [0.3, 0.4) is 0 Å². The van der Waals surface area contributed by atoms with Gasteiger partial charge in [0.2, 0.25) is 0 Å². The van der Waals surface area contributed by atoms with Gasteiger partial charge >= 0.3 is 0 Å². The zero-order valence-electron chi connectivity index (χ0n) is 13.8. The molecule has 0 aromatic heterocycles. The van der Waals surface area contributed by atoms with Crippen molar-refractivity contribution < 1.29 is 4.79 Å². The smallest absolute Gasteiger partial charge is 0.165 e. The molecule has 0 spiro atoms. The number of anilines is 1. The molecule has 3 rings (SSSR count). The minimum Gasteiger partial charge on any atom is -0.378 e. The van der Waals surface area contributed by atoms with E-state index in [-0.39, 0.29) is 11.8 Å². The highest BCUT2D eigenvalue weighted by Crippen LogP contribution is 2.30. The van der Waals surface area contributed by atoms with E-state index in [9.17, 15) is 4.79 Å². The van der Waals surface area contributed by atoms with Crippen LogP contribution < -0.4 is 5.32 Å². The second-order valence-electron chi connectivity index (χ2n) is 5.87. The van der Waals surface area contributed by atoms with Crippen LogP contribution in [0.25, 0.3) is 0 Å². The lowest BCUT2D eigenvalue weighted by atomic mass is 9.97. The first-order chi connectivity index (χ1) is 12.5. The predicted octanol–water partition coefficient (Wildman–Crippen LogP) is 7.18. The minimum atomic E-state index is -0.223. The largest absolute Gasteiger partial charge is 0.378 e. The average molecular weight is 449 g/mol. The summed E-state index contributed by atoms with van der Waals surface area (Å²) in [6, 6.07) is 22.3. The van der Waals surface area contributed by atoms with Crippen LogP contribution >= 0.6 is 39.1 Å². The van der Waals surface area contributed by atoms with Gasteiger partial charge < -0.3 is 5.32 Å². The molecule has 0 saturated heterocycles. The summed E-state index contributed by atoms with van der Waals surface area (Å²) in [4.78, 5) is 12.7. The van der Waals surface area contributed by atoms with Crippen molar-refractivity contribution in [1.29, 1.82) is 0 Å². The maximum Gasteiger partial charge on any atom is 0.165 e. The SMILES string of the molecule is O=C(CC(Nc1ccc(Br)cc1)c1ccc(Cl)c(Cl)c1)c1ccccc1. The van der Waals surface area contributed by atoms with Gasteiger partial charge in [-0.05, 0) is 42.0 Å². The Labute approximate surface area is 171 Å². The number of carbonyl (C=O) groups is 1. The van der Waals surface area contributed by atoms with E-state index in [0.717, 1.165) is 15.7 Å². The molecule has 1 atom stereocenters. The summed E-state index contributed by atoms with van der Waals surface area (Å²) in [5, 5.41) is 4.39. The quantitative estimate of drug-likeness (QED) is 0.404. The van der Waals surface area contributed by atoms with Gasteiger partial charge in [0, 0.05) is 22.1 Å². The molecule has 0 heterocycles. The maximum absolute atomic E-state index is 12.7. The molecule has 0 fully saturated rings. The predicted molar refractivity (Wildman–Crippen MR) is 112 cm³/mol. The Morgan fingerprint density at radius 3 is 2.27 bits per heavy atom. The Hall–Kier alpha value is -1.81. The highest BCUT2D eigenvalue weighted by Gasteiger charge is 2.18. The Balaban J connectivity index is 1.88. The molecule has 0 amide bonds. The summed E-state index contributed by atoms with van der Waals surface area (Å²) in [5.41, 5.74) is 2.52. The average Bonchev–Trinajstić information content (AvgIpc) is 2.66. The highest BCUT2D eigenvalue weighted by molar-refractivity contribution is 9.10. The minimum absolute atomic E-state index is 0.0614. The van der Waals surface area contributed by atoms with Gasteiger partial charge in [-0.25, -0.2) is 0 Å². The second-order valence-corrected chi connectivity index (χ2v) is 7.60. The molecular weight excluding hydrogens is 433 g/mol. The van der Waals surface area contributed by atoms with E-state index in [4.69, 9.17) is 23.2 Å². The molecule has 0 saturated carbocycles. The molecule has 132 valence electrons. The lowest BCUT2D eigenvalue weighted by Gasteiger charge is -2.21. The molecule has 0 aliphatic carbocycles. The molecule has 5 heteroatoms. The highest BCUT2D eigenvalue weighted by atomic mass is 79.9. The van der Waals surface area contributed by atoms with Crippen LogP contribution in [0.2, 0.25) is 10.0 Å². The van der Waals surface area contributed by atoms with Crippen molar-refractivity contribution in [2.24, 2.45) is 0 Å². The molecular formula is C21H16BrCl2NO. The van der Waals surface area contributed by atoms with Crippen LogP contribution in [0, 0.1) is 0 Å². The van der Waals surface area contributed by atoms with E-state index >= 15 is 0 Å². The van der Waals surface area contributed by atoms with Gasteiger partial charge in [-0.3, -0.25) is 4.79 Å². The van der Waals surface area contributed by atoms with Gasteiger partial charge in [0.05, 0.1) is 16.1 Å². The zero-order chi connectivity index (χ0) is 18.5. The number of carbonyl (C=O) groups excluding carboxylic acids is 1. The molecule has 0 radical (unpaired) electrons. The normalized spacial score (nSPS) is 11.8. The fourth-order valence-electron chi connectivity index (χ4n) is 2.66. The van der Waals surface area contributed by atoms with Gasteiger partial charge in [0.1, 0.15) is 0 Å². The number of benzene rings is 3. The van der Waals surface area contributed by atoms with Crippen molar-refractivity contribution in [3.05, 3.63) is 98.4 Å². The Bertz CT molecular complexity index is 898. The molecule has 1 unspecified atom stereocenters. The second kappa shape index (κ2) is 8.72. The topological polar surface area (TPSA) is 29.1 Å². The van der Waals surface area contributed by atoms with Gasteiger partial charge in [-0.2, -0.15) is 0 Å². The number of ketones is 1. The van der Waals surface area contributed by atoms with Crippen LogP contribution in [0.15, 0.2) is 77.3 Å². The van der Waals surface area contributed by atoms with E-state index in [0.29, 0.717) is 22.0 Å². The van der Waals surface area contributed by atoms with Gasteiger partial charge in [-0.15, -0.1) is 0 Å². The lowest BCUT2D eigenvalue weighted by molar-refractivity contribution is 0.0976. The molecule has 1 N–H and O–H groups in total. The molecule has 0 aliphatic rings. The molecule has 2 nitrogen and oxygen atoms in total. The third-order valence-corrected chi connectivity index (χ3v) is 5.28. The number of hydrogen-bond acceptors (Lipinski definition) is 2. The molecule has 0 aliphatic heterocycles. The van der Waals surface area contributed by atoms with Crippen LogP contribution in [-0.2, 0) is 0 Å². The Morgan fingerprint density at radius 2 is 1.62 bits per heavy atom. The number of Topliss-reactive ketones (excluding diaryl/α,β-unsaturated/α-hetero) is 1. The van der Waals surface area contributed by atoms with Crippen LogP contribution in [0.1, 0.15) is 28.4 Å². The Morgan fingerprint density at radius 1 is 0.923 bits per heavy atom. The van der Waals surface area contributed by atoms with Crippen molar-refractivity contribution in [2.75, 3.05) is 5.32 Å². The fraction of sp³-hybridized carbons (Fsp3) is 0.0952. The van der Waals surface area contributed by atoms with Crippen LogP contribution in [0.5, 0.6) is 0 Å². The monoisotopic (exact) mass is 447 g/mol. The van der Waals surface area contributed by atoms with Crippen LogP contribution in [0.4, 0.5) is 5.69 Å². The third kappa shape index (κ3) is 4.88. The number of hydrogen-bond donors (Lipinski definition) is 1. The third-order valence-electron chi connectivity index (χ3n) is 4.02. The molecule has 26 heavy (non-hydrogen) atoms. The number of rotatable bonds is 6.